The van der Waals surface area contributed by atoms with Crippen LogP contribution in [-0.4, -0.2) is 16.0 Å². The van der Waals surface area contributed by atoms with Crippen LogP contribution < -0.4 is 11.1 Å². The van der Waals surface area contributed by atoms with Crippen molar-refractivity contribution in [2.24, 2.45) is 0 Å². The number of aromatic nitrogens is 2. The first-order chi connectivity index (χ1) is 9.20. The number of nitrogen functional groups attached to an aromatic ring is 1. The van der Waals surface area contributed by atoms with E-state index < -0.39 is 0 Å². The molecule has 3 N–H and O–H groups in total. The van der Waals surface area contributed by atoms with Crippen LogP contribution in [0.25, 0.3) is 0 Å². The van der Waals surface area contributed by atoms with E-state index in [1.165, 1.54) is 6.33 Å². The van der Waals surface area contributed by atoms with Gasteiger partial charge in [0.1, 0.15) is 23.7 Å². The molecule has 2 rings (SSSR count). The van der Waals surface area contributed by atoms with E-state index in [1.807, 2.05) is 12.1 Å². The third-order valence-electron chi connectivity index (χ3n) is 2.95. The summed E-state index contributed by atoms with van der Waals surface area (Å²) in [5.74, 6) is 2.34. The Balaban J connectivity index is 2.07. The van der Waals surface area contributed by atoms with Crippen molar-refractivity contribution >= 4 is 11.6 Å². The molecule has 5 heteroatoms. The van der Waals surface area contributed by atoms with Gasteiger partial charge in [0.15, 0.2) is 0 Å². The molecule has 5 nitrogen and oxygen atoms in total. The molecular formula is C14H20N4O. The standard InChI is InChI=1S/C14H20N4O/c1-3-5-12-13(15)16-9-17-14(12)18-10(2)8-11-6-4-7-19-11/h4,6-7,9-10H,3,5,8H2,1-2H3,(H3,15,16,17,18). The second kappa shape index (κ2) is 6.22. The molecule has 0 fully saturated rings. The lowest BCUT2D eigenvalue weighted by molar-refractivity contribution is 0.497. The maximum absolute atomic E-state index is 5.91. The summed E-state index contributed by atoms with van der Waals surface area (Å²) in [5.41, 5.74) is 6.91. The van der Waals surface area contributed by atoms with Gasteiger partial charge in [-0.05, 0) is 25.5 Å². The predicted octanol–water partition coefficient (Wildman–Crippen LogP) is 2.65. The highest BCUT2D eigenvalue weighted by molar-refractivity contribution is 5.55. The van der Waals surface area contributed by atoms with E-state index in [9.17, 15) is 0 Å². The van der Waals surface area contributed by atoms with Crippen molar-refractivity contribution in [3.63, 3.8) is 0 Å². The normalized spacial score (nSPS) is 12.3. The molecule has 2 aromatic heterocycles. The molecular weight excluding hydrogens is 240 g/mol. The summed E-state index contributed by atoms with van der Waals surface area (Å²) in [6, 6.07) is 4.09. The third-order valence-corrected chi connectivity index (χ3v) is 2.95. The molecule has 1 atom stereocenters. The fourth-order valence-electron chi connectivity index (χ4n) is 2.06. The van der Waals surface area contributed by atoms with Crippen molar-refractivity contribution in [3.05, 3.63) is 36.0 Å². The number of hydrogen-bond donors (Lipinski definition) is 2. The largest absolute Gasteiger partial charge is 0.469 e. The molecule has 2 heterocycles. The van der Waals surface area contributed by atoms with Crippen molar-refractivity contribution in [1.82, 2.24) is 9.97 Å². The number of nitrogens with one attached hydrogen (secondary N) is 1. The number of hydrogen-bond acceptors (Lipinski definition) is 5. The van der Waals surface area contributed by atoms with Crippen LogP contribution in [0, 0.1) is 0 Å². The lowest BCUT2D eigenvalue weighted by atomic mass is 10.1. The summed E-state index contributed by atoms with van der Waals surface area (Å²) >= 11 is 0. The van der Waals surface area contributed by atoms with Gasteiger partial charge in [0, 0.05) is 18.0 Å². The zero-order valence-corrected chi connectivity index (χ0v) is 11.4. The third kappa shape index (κ3) is 3.47. The quantitative estimate of drug-likeness (QED) is 0.835. The van der Waals surface area contributed by atoms with E-state index in [1.54, 1.807) is 6.26 Å². The number of nitrogens with zero attached hydrogens (tertiary/aromatic N) is 2. The van der Waals surface area contributed by atoms with E-state index >= 15 is 0 Å². The molecule has 19 heavy (non-hydrogen) atoms. The minimum atomic E-state index is 0.219. The number of nitrogens with two attached hydrogens (primary N) is 1. The van der Waals surface area contributed by atoms with E-state index in [-0.39, 0.29) is 6.04 Å². The maximum Gasteiger partial charge on any atom is 0.134 e. The molecule has 0 bridgehead atoms. The Morgan fingerprint density at radius 1 is 1.42 bits per heavy atom. The summed E-state index contributed by atoms with van der Waals surface area (Å²) in [4.78, 5) is 8.34. The minimum absolute atomic E-state index is 0.219. The van der Waals surface area contributed by atoms with Crippen LogP contribution in [0.4, 0.5) is 11.6 Å². The summed E-state index contributed by atoms with van der Waals surface area (Å²) in [7, 11) is 0. The Hall–Kier alpha value is -2.04. The van der Waals surface area contributed by atoms with Gasteiger partial charge >= 0.3 is 0 Å². The van der Waals surface area contributed by atoms with Gasteiger partial charge in [0.2, 0.25) is 0 Å². The summed E-state index contributed by atoms with van der Waals surface area (Å²) in [6.45, 7) is 4.21. The molecule has 0 radical (unpaired) electrons. The van der Waals surface area contributed by atoms with Crippen LogP contribution >= 0.6 is 0 Å². The highest BCUT2D eigenvalue weighted by Gasteiger charge is 2.12. The molecule has 0 aliphatic carbocycles. The highest BCUT2D eigenvalue weighted by Crippen LogP contribution is 2.20. The van der Waals surface area contributed by atoms with Gasteiger partial charge in [-0.15, -0.1) is 0 Å². The number of anilines is 2. The molecule has 1 unspecified atom stereocenters. The second-order valence-corrected chi connectivity index (χ2v) is 4.66. The Bertz CT molecular complexity index is 510. The Morgan fingerprint density at radius 3 is 2.95 bits per heavy atom. The topological polar surface area (TPSA) is 77.0 Å². The summed E-state index contributed by atoms with van der Waals surface area (Å²) in [6.07, 6.45) is 5.88. The molecule has 0 spiro atoms. The van der Waals surface area contributed by atoms with Crippen molar-refractivity contribution in [2.75, 3.05) is 11.1 Å². The highest BCUT2D eigenvalue weighted by atomic mass is 16.3. The van der Waals surface area contributed by atoms with Gasteiger partial charge in [-0.25, -0.2) is 9.97 Å². The SMILES string of the molecule is CCCc1c(N)ncnc1NC(C)Cc1ccco1. The van der Waals surface area contributed by atoms with Gasteiger partial charge in [-0.1, -0.05) is 13.3 Å². The zero-order chi connectivity index (χ0) is 13.7. The molecule has 102 valence electrons. The van der Waals surface area contributed by atoms with Crippen LogP contribution in [0.5, 0.6) is 0 Å². The van der Waals surface area contributed by atoms with E-state index in [2.05, 4.69) is 29.1 Å². The average molecular weight is 260 g/mol. The molecule has 0 amide bonds. The van der Waals surface area contributed by atoms with Gasteiger partial charge in [-0.2, -0.15) is 0 Å². The van der Waals surface area contributed by atoms with Crippen molar-refractivity contribution in [3.8, 4) is 0 Å². The van der Waals surface area contributed by atoms with E-state index in [0.29, 0.717) is 5.82 Å². The lowest BCUT2D eigenvalue weighted by Crippen LogP contribution is -2.20. The summed E-state index contributed by atoms with van der Waals surface area (Å²) in [5, 5.41) is 3.38. The van der Waals surface area contributed by atoms with Crippen LogP contribution in [0.1, 0.15) is 31.6 Å². The van der Waals surface area contributed by atoms with Crippen molar-refractivity contribution in [2.45, 2.75) is 39.2 Å². The van der Waals surface area contributed by atoms with E-state index in [4.69, 9.17) is 10.2 Å². The van der Waals surface area contributed by atoms with Crippen LogP contribution in [0.3, 0.4) is 0 Å². The van der Waals surface area contributed by atoms with Gasteiger partial charge in [-0.3, -0.25) is 0 Å². The number of rotatable bonds is 6. The van der Waals surface area contributed by atoms with Gasteiger partial charge < -0.3 is 15.5 Å². The Kier molecular flexibility index (Phi) is 4.39. The van der Waals surface area contributed by atoms with Gasteiger partial charge in [0.25, 0.3) is 0 Å². The minimum Gasteiger partial charge on any atom is -0.469 e. The van der Waals surface area contributed by atoms with E-state index in [0.717, 1.165) is 36.4 Å². The second-order valence-electron chi connectivity index (χ2n) is 4.66. The molecule has 0 saturated heterocycles. The van der Waals surface area contributed by atoms with Crippen LogP contribution in [0.2, 0.25) is 0 Å². The van der Waals surface area contributed by atoms with Crippen LogP contribution in [0.15, 0.2) is 29.1 Å². The van der Waals surface area contributed by atoms with Crippen molar-refractivity contribution < 1.29 is 4.42 Å². The fourth-order valence-corrected chi connectivity index (χ4v) is 2.06. The first kappa shape index (κ1) is 13.4. The van der Waals surface area contributed by atoms with Crippen molar-refractivity contribution in [1.29, 1.82) is 0 Å². The molecule has 2 aromatic rings. The first-order valence-corrected chi connectivity index (χ1v) is 6.59. The maximum atomic E-state index is 5.91. The smallest absolute Gasteiger partial charge is 0.134 e. The zero-order valence-electron chi connectivity index (χ0n) is 11.4. The fraction of sp³-hybridized carbons (Fsp3) is 0.429. The lowest BCUT2D eigenvalue weighted by Gasteiger charge is -2.16. The number of furan rings is 1. The van der Waals surface area contributed by atoms with Gasteiger partial charge in [0.05, 0.1) is 6.26 Å². The molecule has 0 saturated carbocycles. The molecule has 0 aromatic carbocycles. The molecule has 0 aliphatic heterocycles. The average Bonchev–Trinajstić information content (AvgIpc) is 2.86. The Morgan fingerprint density at radius 2 is 2.26 bits per heavy atom. The monoisotopic (exact) mass is 260 g/mol. The first-order valence-electron chi connectivity index (χ1n) is 6.59. The summed E-state index contributed by atoms with van der Waals surface area (Å²) < 4.78 is 5.35. The predicted molar refractivity (Wildman–Crippen MR) is 75.9 cm³/mol. The Labute approximate surface area is 113 Å². The molecule has 0 aliphatic rings. The van der Waals surface area contributed by atoms with Crippen LogP contribution in [-0.2, 0) is 12.8 Å².